The fourth-order valence-corrected chi connectivity index (χ4v) is 2.81. The first-order chi connectivity index (χ1) is 12.0. The van der Waals surface area contributed by atoms with Crippen LogP contribution < -0.4 is 10.9 Å². The van der Waals surface area contributed by atoms with Crippen LogP contribution in [0.15, 0.2) is 11.0 Å². The minimum atomic E-state index is -4.88. The number of halogens is 3. The molecule has 0 aromatic carbocycles. The van der Waals surface area contributed by atoms with Gasteiger partial charge in [-0.1, -0.05) is 19.6 Å². The van der Waals surface area contributed by atoms with Crippen molar-refractivity contribution in [2.75, 3.05) is 32.2 Å². The van der Waals surface area contributed by atoms with Crippen molar-refractivity contribution in [1.82, 2.24) is 9.78 Å². The summed E-state index contributed by atoms with van der Waals surface area (Å²) in [6.45, 7) is 5.92. The van der Waals surface area contributed by atoms with Crippen molar-refractivity contribution in [3.8, 4) is 0 Å². The van der Waals surface area contributed by atoms with Crippen LogP contribution in [0, 0.1) is 0 Å². The van der Waals surface area contributed by atoms with Gasteiger partial charge in [0.05, 0.1) is 31.1 Å². The molecule has 0 aliphatic carbocycles. The summed E-state index contributed by atoms with van der Waals surface area (Å²) in [7, 11) is 0.00255. The number of anilines is 1. The van der Waals surface area contributed by atoms with Crippen LogP contribution in [0.3, 0.4) is 0 Å². The lowest BCUT2D eigenvalue weighted by molar-refractivity contribution is -0.138. The van der Waals surface area contributed by atoms with Gasteiger partial charge in [0.2, 0.25) is 0 Å². The maximum atomic E-state index is 13.4. The Hall–Kier alpha value is -1.43. The molecule has 0 saturated carbocycles. The van der Waals surface area contributed by atoms with Gasteiger partial charge in [-0.15, -0.1) is 0 Å². The molecule has 0 radical (unpaired) electrons. The molecule has 2 N–H and O–H groups in total. The summed E-state index contributed by atoms with van der Waals surface area (Å²) in [5, 5.41) is 15.4. The van der Waals surface area contributed by atoms with Gasteiger partial charge in [0, 0.05) is 21.8 Å². The summed E-state index contributed by atoms with van der Waals surface area (Å²) in [5.41, 5.74) is -3.18. The van der Waals surface area contributed by atoms with Crippen molar-refractivity contribution in [3.63, 3.8) is 0 Å². The minimum Gasteiger partial charge on any atom is -0.394 e. The predicted molar refractivity (Wildman–Crippen MR) is 94.0 cm³/mol. The monoisotopic (exact) mass is 397 g/mol. The quantitative estimate of drug-likeness (QED) is 0.464. The Kier molecular flexibility index (Phi) is 8.25. The second-order valence-electron chi connectivity index (χ2n) is 7.06. The fraction of sp³-hybridized carbons (Fsp3) is 0.733. The van der Waals surface area contributed by atoms with E-state index in [0.29, 0.717) is 11.3 Å². The number of hydrogen-bond donors (Lipinski definition) is 2. The molecule has 1 heterocycles. The van der Waals surface area contributed by atoms with Crippen molar-refractivity contribution in [2.45, 2.75) is 44.6 Å². The van der Waals surface area contributed by atoms with E-state index in [1.165, 1.54) is 7.11 Å². The van der Waals surface area contributed by atoms with E-state index >= 15 is 0 Å². The number of aromatic nitrogens is 2. The third-order valence-electron chi connectivity index (χ3n) is 3.49. The maximum absolute atomic E-state index is 13.4. The average molecular weight is 397 g/mol. The standard InChI is InChI=1S/C15H26F3N3O4Si/c1-24-9-11(8-22)20-12-7-19-21(10-25-5-6-26(2,3)4)14(23)13(12)15(16,17)18/h7,11,20,22H,5-6,8-10H2,1-4H3/t11-/m0/s1. The fourth-order valence-electron chi connectivity index (χ4n) is 2.05. The third kappa shape index (κ3) is 7.06. The van der Waals surface area contributed by atoms with Crippen LogP contribution in [0.25, 0.3) is 0 Å². The zero-order valence-corrected chi connectivity index (χ0v) is 16.4. The zero-order valence-electron chi connectivity index (χ0n) is 15.4. The zero-order chi connectivity index (χ0) is 20.0. The van der Waals surface area contributed by atoms with Crippen LogP contribution >= 0.6 is 0 Å². The molecule has 0 bridgehead atoms. The molecule has 0 spiro atoms. The average Bonchev–Trinajstić information content (AvgIpc) is 2.50. The largest absolute Gasteiger partial charge is 0.423 e. The van der Waals surface area contributed by atoms with Gasteiger partial charge in [0.25, 0.3) is 5.56 Å². The van der Waals surface area contributed by atoms with E-state index in [0.717, 1.165) is 12.2 Å². The molecule has 7 nitrogen and oxygen atoms in total. The lowest BCUT2D eigenvalue weighted by Crippen LogP contribution is -2.36. The highest BCUT2D eigenvalue weighted by atomic mass is 28.3. The predicted octanol–water partition coefficient (Wildman–Crippen LogP) is 1.99. The molecular weight excluding hydrogens is 371 g/mol. The topological polar surface area (TPSA) is 85.6 Å². The molecule has 0 amide bonds. The highest BCUT2D eigenvalue weighted by molar-refractivity contribution is 6.76. The molecule has 1 aromatic rings. The number of aliphatic hydroxyl groups is 1. The first-order valence-corrected chi connectivity index (χ1v) is 11.8. The summed E-state index contributed by atoms with van der Waals surface area (Å²) in [6, 6.07) is 0.0223. The van der Waals surface area contributed by atoms with Gasteiger partial charge in [-0.05, 0) is 6.04 Å². The molecule has 1 aromatic heterocycles. The molecule has 0 aliphatic heterocycles. The highest BCUT2D eigenvalue weighted by Crippen LogP contribution is 2.31. The van der Waals surface area contributed by atoms with E-state index in [1.54, 1.807) is 0 Å². The Morgan fingerprint density at radius 3 is 2.54 bits per heavy atom. The summed E-state index contributed by atoms with van der Waals surface area (Å²) in [6.07, 6.45) is -3.97. The van der Waals surface area contributed by atoms with Crippen molar-refractivity contribution >= 4 is 13.8 Å². The lowest BCUT2D eigenvalue weighted by Gasteiger charge is -2.20. The summed E-state index contributed by atoms with van der Waals surface area (Å²) >= 11 is 0. The number of nitrogens with zero attached hydrogens (tertiary/aromatic N) is 2. The number of nitrogens with one attached hydrogen (secondary N) is 1. The van der Waals surface area contributed by atoms with Gasteiger partial charge in [0.1, 0.15) is 12.3 Å². The van der Waals surface area contributed by atoms with E-state index in [2.05, 4.69) is 30.1 Å². The van der Waals surface area contributed by atoms with Crippen LogP contribution in [0.2, 0.25) is 25.7 Å². The first-order valence-electron chi connectivity index (χ1n) is 8.11. The molecular formula is C15H26F3N3O4Si. The number of hydrogen-bond acceptors (Lipinski definition) is 6. The normalized spacial score (nSPS) is 13.7. The van der Waals surface area contributed by atoms with Gasteiger partial charge in [-0.25, -0.2) is 4.68 Å². The first kappa shape index (κ1) is 22.6. The van der Waals surface area contributed by atoms with Crippen molar-refractivity contribution in [3.05, 3.63) is 22.1 Å². The van der Waals surface area contributed by atoms with Crippen LogP contribution in [0.1, 0.15) is 5.56 Å². The summed E-state index contributed by atoms with van der Waals surface area (Å²) in [4.78, 5) is 12.2. The number of rotatable bonds is 10. The maximum Gasteiger partial charge on any atom is 0.423 e. The third-order valence-corrected chi connectivity index (χ3v) is 5.19. The second kappa shape index (κ2) is 9.49. The Labute approximate surface area is 151 Å². The molecule has 11 heteroatoms. The van der Waals surface area contributed by atoms with Crippen molar-refractivity contribution in [1.29, 1.82) is 0 Å². The number of ether oxygens (including phenoxy) is 2. The van der Waals surface area contributed by atoms with Crippen LogP contribution in [-0.4, -0.2) is 55.9 Å². The molecule has 26 heavy (non-hydrogen) atoms. The van der Waals surface area contributed by atoms with Crippen molar-refractivity contribution in [2.24, 2.45) is 0 Å². The molecule has 0 unspecified atom stereocenters. The molecule has 0 saturated heterocycles. The molecule has 150 valence electrons. The molecule has 0 aliphatic rings. The summed E-state index contributed by atoms with van der Waals surface area (Å²) in [5.74, 6) is 0. The van der Waals surface area contributed by atoms with Gasteiger partial charge in [-0.2, -0.15) is 18.3 Å². The van der Waals surface area contributed by atoms with Crippen LogP contribution in [0.5, 0.6) is 0 Å². The molecule has 0 fully saturated rings. The van der Waals surface area contributed by atoms with E-state index in [9.17, 15) is 23.1 Å². The Morgan fingerprint density at radius 2 is 2.04 bits per heavy atom. The molecule has 1 rings (SSSR count). The highest BCUT2D eigenvalue weighted by Gasteiger charge is 2.38. The van der Waals surface area contributed by atoms with Crippen LogP contribution in [0.4, 0.5) is 18.9 Å². The van der Waals surface area contributed by atoms with Crippen molar-refractivity contribution < 1.29 is 27.8 Å². The van der Waals surface area contributed by atoms with E-state index in [4.69, 9.17) is 9.47 Å². The second-order valence-corrected chi connectivity index (χ2v) is 12.7. The Morgan fingerprint density at radius 1 is 1.38 bits per heavy atom. The van der Waals surface area contributed by atoms with Gasteiger partial charge in [-0.3, -0.25) is 4.79 Å². The van der Waals surface area contributed by atoms with E-state index in [1.807, 2.05) is 0 Å². The number of aliphatic hydroxyl groups excluding tert-OH is 1. The Bertz CT molecular complexity index is 632. The van der Waals surface area contributed by atoms with Gasteiger partial charge >= 0.3 is 6.18 Å². The lowest BCUT2D eigenvalue weighted by atomic mass is 10.2. The van der Waals surface area contributed by atoms with E-state index in [-0.39, 0.29) is 13.3 Å². The van der Waals surface area contributed by atoms with Gasteiger partial charge in [0.15, 0.2) is 0 Å². The van der Waals surface area contributed by atoms with Crippen LogP contribution in [-0.2, 0) is 22.4 Å². The summed E-state index contributed by atoms with van der Waals surface area (Å²) < 4.78 is 50.9. The molecule has 1 atom stereocenters. The minimum absolute atomic E-state index is 0.0311. The number of alkyl halides is 3. The van der Waals surface area contributed by atoms with E-state index < -0.39 is 43.7 Å². The number of methoxy groups -OCH3 is 1. The SMILES string of the molecule is COC[C@H](CO)Nc1cnn(COCC[Si](C)(C)C)c(=O)c1C(F)(F)F. The smallest absolute Gasteiger partial charge is 0.394 e. The van der Waals surface area contributed by atoms with Gasteiger partial charge < -0.3 is 19.9 Å². The Balaban J connectivity index is 3.02.